The van der Waals surface area contributed by atoms with Crippen LogP contribution in [0.5, 0.6) is 0 Å². The lowest BCUT2D eigenvalue weighted by molar-refractivity contribution is 0.235. The number of halogens is 1. The van der Waals surface area contributed by atoms with Crippen LogP contribution in [0.2, 0.25) is 0 Å². The van der Waals surface area contributed by atoms with Crippen molar-refractivity contribution in [1.82, 2.24) is 10.6 Å². The fraction of sp³-hybridized carbons (Fsp3) is 0.417. The van der Waals surface area contributed by atoms with Gasteiger partial charge in [0.05, 0.1) is 6.04 Å². The summed E-state index contributed by atoms with van der Waals surface area (Å²) in [6, 6.07) is 10.3. The molecule has 1 aromatic carbocycles. The van der Waals surface area contributed by atoms with Gasteiger partial charge in [-0.3, -0.25) is 0 Å². The van der Waals surface area contributed by atoms with Crippen molar-refractivity contribution in [2.75, 3.05) is 30.4 Å². The SMILES string of the molecule is O=C(NCCCl)NC1CN(c2ccccc2)C1. The highest BCUT2D eigenvalue weighted by atomic mass is 35.5. The third-order valence-electron chi connectivity index (χ3n) is 2.72. The lowest BCUT2D eigenvalue weighted by atomic mass is 10.1. The molecule has 0 unspecified atom stereocenters. The van der Waals surface area contributed by atoms with E-state index in [4.69, 9.17) is 11.6 Å². The predicted molar refractivity (Wildman–Crippen MR) is 69.7 cm³/mol. The highest BCUT2D eigenvalue weighted by Gasteiger charge is 2.27. The summed E-state index contributed by atoms with van der Waals surface area (Å²) in [6.45, 7) is 2.22. The van der Waals surface area contributed by atoms with Crippen LogP contribution in [0.15, 0.2) is 30.3 Å². The number of hydrogen-bond acceptors (Lipinski definition) is 2. The molecular weight excluding hydrogens is 238 g/mol. The highest BCUT2D eigenvalue weighted by Crippen LogP contribution is 2.19. The van der Waals surface area contributed by atoms with Gasteiger partial charge in [-0.1, -0.05) is 18.2 Å². The fourth-order valence-corrected chi connectivity index (χ4v) is 1.91. The second kappa shape index (κ2) is 5.77. The van der Waals surface area contributed by atoms with Crippen molar-refractivity contribution in [2.45, 2.75) is 6.04 Å². The van der Waals surface area contributed by atoms with Crippen LogP contribution in [0, 0.1) is 0 Å². The van der Waals surface area contributed by atoms with Crippen molar-refractivity contribution in [2.24, 2.45) is 0 Å². The van der Waals surface area contributed by atoms with Crippen molar-refractivity contribution in [3.63, 3.8) is 0 Å². The lowest BCUT2D eigenvalue weighted by Crippen LogP contribution is -2.61. The molecule has 5 heteroatoms. The molecule has 0 saturated carbocycles. The molecule has 1 saturated heterocycles. The second-order valence-electron chi connectivity index (χ2n) is 4.03. The van der Waals surface area contributed by atoms with Crippen molar-refractivity contribution in [3.05, 3.63) is 30.3 Å². The van der Waals surface area contributed by atoms with E-state index in [2.05, 4.69) is 27.7 Å². The summed E-state index contributed by atoms with van der Waals surface area (Å²) < 4.78 is 0. The molecule has 1 aliphatic heterocycles. The summed E-state index contributed by atoms with van der Waals surface area (Å²) in [5.41, 5.74) is 1.20. The summed E-state index contributed by atoms with van der Waals surface area (Å²) in [7, 11) is 0. The Bertz CT molecular complexity index is 365. The number of para-hydroxylation sites is 1. The van der Waals surface area contributed by atoms with Crippen LogP contribution in [-0.2, 0) is 0 Å². The van der Waals surface area contributed by atoms with Gasteiger partial charge in [0.1, 0.15) is 0 Å². The largest absolute Gasteiger partial charge is 0.367 e. The average molecular weight is 254 g/mol. The number of nitrogens with one attached hydrogen (secondary N) is 2. The van der Waals surface area contributed by atoms with Crippen LogP contribution in [0.4, 0.5) is 10.5 Å². The molecule has 1 aromatic rings. The van der Waals surface area contributed by atoms with Gasteiger partial charge >= 0.3 is 6.03 Å². The number of hydrogen-bond donors (Lipinski definition) is 2. The molecule has 0 spiro atoms. The number of anilines is 1. The number of carbonyl (C=O) groups is 1. The van der Waals surface area contributed by atoms with Crippen LogP contribution < -0.4 is 15.5 Å². The van der Waals surface area contributed by atoms with Crippen molar-refractivity contribution in [3.8, 4) is 0 Å². The number of rotatable bonds is 4. The minimum atomic E-state index is -0.136. The van der Waals surface area contributed by atoms with Gasteiger partial charge in [0.2, 0.25) is 0 Å². The first-order chi connectivity index (χ1) is 8.29. The van der Waals surface area contributed by atoms with Crippen LogP contribution in [-0.4, -0.2) is 37.6 Å². The maximum atomic E-state index is 11.3. The number of amides is 2. The molecule has 2 N–H and O–H groups in total. The quantitative estimate of drug-likeness (QED) is 0.797. The minimum absolute atomic E-state index is 0.136. The number of nitrogens with zero attached hydrogens (tertiary/aromatic N) is 1. The molecule has 1 fully saturated rings. The summed E-state index contributed by atoms with van der Waals surface area (Å²) in [6.07, 6.45) is 0. The zero-order valence-electron chi connectivity index (χ0n) is 9.53. The fourth-order valence-electron chi connectivity index (χ4n) is 1.82. The van der Waals surface area contributed by atoms with Crippen LogP contribution in [0.3, 0.4) is 0 Å². The monoisotopic (exact) mass is 253 g/mol. The van der Waals surface area contributed by atoms with Crippen molar-refractivity contribution < 1.29 is 4.79 Å². The van der Waals surface area contributed by atoms with Crippen LogP contribution in [0.25, 0.3) is 0 Å². The predicted octanol–water partition coefficient (Wildman–Crippen LogP) is 1.41. The molecule has 0 aliphatic carbocycles. The number of alkyl halides is 1. The average Bonchev–Trinajstić information content (AvgIpc) is 2.31. The van der Waals surface area contributed by atoms with Crippen molar-refractivity contribution in [1.29, 1.82) is 0 Å². The Morgan fingerprint density at radius 2 is 2.06 bits per heavy atom. The van der Waals surface area contributed by atoms with E-state index in [-0.39, 0.29) is 12.1 Å². The van der Waals surface area contributed by atoms with Crippen LogP contribution >= 0.6 is 11.6 Å². The molecular formula is C12H16ClN3O. The third kappa shape index (κ3) is 3.27. The summed E-state index contributed by atoms with van der Waals surface area (Å²) in [5, 5.41) is 5.59. The molecule has 1 aliphatic rings. The second-order valence-corrected chi connectivity index (χ2v) is 4.40. The van der Waals surface area contributed by atoms with E-state index >= 15 is 0 Å². The Morgan fingerprint density at radius 3 is 2.71 bits per heavy atom. The molecule has 17 heavy (non-hydrogen) atoms. The topological polar surface area (TPSA) is 44.4 Å². The van der Waals surface area contributed by atoms with Gasteiger partial charge in [0, 0.05) is 31.2 Å². The Morgan fingerprint density at radius 1 is 1.35 bits per heavy atom. The highest BCUT2D eigenvalue weighted by molar-refractivity contribution is 6.18. The molecule has 92 valence electrons. The van der Waals surface area contributed by atoms with Gasteiger partial charge in [0.15, 0.2) is 0 Å². The smallest absolute Gasteiger partial charge is 0.315 e. The molecule has 0 aromatic heterocycles. The van der Waals surface area contributed by atoms with E-state index < -0.39 is 0 Å². The van der Waals surface area contributed by atoms with Crippen molar-refractivity contribution >= 4 is 23.3 Å². The molecule has 0 radical (unpaired) electrons. The normalized spacial score (nSPS) is 15.2. The van der Waals surface area contributed by atoms with Gasteiger partial charge in [0.25, 0.3) is 0 Å². The number of urea groups is 1. The van der Waals surface area contributed by atoms with E-state index in [1.807, 2.05) is 18.2 Å². The zero-order valence-corrected chi connectivity index (χ0v) is 10.3. The van der Waals surface area contributed by atoms with E-state index in [0.29, 0.717) is 12.4 Å². The molecule has 2 amide bonds. The maximum absolute atomic E-state index is 11.3. The summed E-state index contributed by atoms with van der Waals surface area (Å²) in [5.74, 6) is 0.439. The molecule has 1 heterocycles. The molecule has 2 rings (SSSR count). The summed E-state index contributed by atoms with van der Waals surface area (Å²) in [4.78, 5) is 13.6. The first kappa shape index (κ1) is 12.0. The van der Waals surface area contributed by atoms with Crippen LogP contribution in [0.1, 0.15) is 0 Å². The standard InChI is InChI=1S/C12H16ClN3O/c13-6-7-14-12(17)15-10-8-16(9-10)11-4-2-1-3-5-11/h1-5,10H,6-9H2,(H2,14,15,17). The van der Waals surface area contributed by atoms with Gasteiger partial charge in [-0.15, -0.1) is 11.6 Å². The molecule has 0 atom stereocenters. The number of carbonyl (C=O) groups excluding carboxylic acids is 1. The van der Waals surface area contributed by atoms with E-state index in [0.717, 1.165) is 13.1 Å². The lowest BCUT2D eigenvalue weighted by Gasteiger charge is -2.41. The molecule has 0 bridgehead atoms. The Balaban J connectivity index is 1.71. The Hall–Kier alpha value is -1.42. The Labute approximate surface area is 106 Å². The first-order valence-electron chi connectivity index (χ1n) is 5.70. The summed E-state index contributed by atoms with van der Waals surface area (Å²) >= 11 is 5.48. The maximum Gasteiger partial charge on any atom is 0.315 e. The zero-order chi connectivity index (χ0) is 12.1. The van der Waals surface area contributed by atoms with Gasteiger partial charge in [-0.05, 0) is 12.1 Å². The van der Waals surface area contributed by atoms with E-state index in [1.165, 1.54) is 5.69 Å². The number of benzene rings is 1. The van der Waals surface area contributed by atoms with Gasteiger partial charge in [-0.25, -0.2) is 4.79 Å². The minimum Gasteiger partial charge on any atom is -0.367 e. The van der Waals surface area contributed by atoms with Gasteiger partial charge in [-0.2, -0.15) is 0 Å². The first-order valence-corrected chi connectivity index (χ1v) is 6.23. The van der Waals surface area contributed by atoms with Gasteiger partial charge < -0.3 is 15.5 Å². The van der Waals surface area contributed by atoms with E-state index in [9.17, 15) is 4.79 Å². The third-order valence-corrected chi connectivity index (χ3v) is 2.91. The Kier molecular flexibility index (Phi) is 4.09. The van der Waals surface area contributed by atoms with E-state index in [1.54, 1.807) is 0 Å². The molecule has 4 nitrogen and oxygen atoms in total.